The first kappa shape index (κ1) is 22.0. The van der Waals surface area contributed by atoms with Gasteiger partial charge in [0, 0.05) is 17.2 Å². The Balaban J connectivity index is 2.05. The summed E-state index contributed by atoms with van der Waals surface area (Å²) < 4.78 is 13.0. The first-order chi connectivity index (χ1) is 13.7. The number of hydrogen-bond donors (Lipinski definition) is 2. The Labute approximate surface area is 170 Å². The highest BCUT2D eigenvalue weighted by atomic mass is 35.5. The topological polar surface area (TPSA) is 114 Å². The molecule has 1 atom stereocenters. The van der Waals surface area contributed by atoms with E-state index >= 15 is 0 Å². The highest BCUT2D eigenvalue weighted by Gasteiger charge is 2.24. The van der Waals surface area contributed by atoms with Gasteiger partial charge < -0.3 is 5.32 Å². The fraction of sp³-hybridized carbons (Fsp3) is 0.211. The summed E-state index contributed by atoms with van der Waals surface area (Å²) in [5.41, 5.74) is 2.58. The van der Waals surface area contributed by atoms with Gasteiger partial charge in [-0.2, -0.15) is 5.10 Å². The van der Waals surface area contributed by atoms with E-state index in [1.165, 1.54) is 36.5 Å². The molecule has 2 aromatic rings. The number of nitrogens with zero attached hydrogens (tertiary/aromatic N) is 2. The predicted octanol–water partition coefficient (Wildman–Crippen LogP) is 3.29. The van der Waals surface area contributed by atoms with Crippen molar-refractivity contribution in [1.82, 2.24) is 10.7 Å². The summed E-state index contributed by atoms with van der Waals surface area (Å²) in [7, 11) is 0. The molecule has 2 rings (SSSR count). The zero-order valence-electron chi connectivity index (χ0n) is 15.6. The first-order valence-electron chi connectivity index (χ1n) is 8.52. The van der Waals surface area contributed by atoms with Crippen molar-refractivity contribution in [2.24, 2.45) is 11.0 Å². The van der Waals surface area contributed by atoms with Gasteiger partial charge in [0.05, 0.1) is 11.1 Å². The first-order valence-corrected chi connectivity index (χ1v) is 8.90. The maximum absolute atomic E-state index is 13.0. The fourth-order valence-electron chi connectivity index (χ4n) is 2.35. The Hall–Kier alpha value is -3.33. The van der Waals surface area contributed by atoms with Crippen molar-refractivity contribution < 1.29 is 18.9 Å². The second kappa shape index (κ2) is 9.74. The number of rotatable bonds is 7. The van der Waals surface area contributed by atoms with E-state index in [4.69, 9.17) is 11.6 Å². The van der Waals surface area contributed by atoms with Crippen molar-refractivity contribution in [2.45, 2.75) is 19.9 Å². The smallest absolute Gasteiger partial charge is 0.288 e. The number of carbonyl (C=O) groups is 2. The van der Waals surface area contributed by atoms with E-state index in [-0.39, 0.29) is 22.2 Å². The SMILES string of the molecule is CC(C)C(NC(=O)c1ccc(F)cc1)C(=O)N/N=C/c1ccc(Cl)c([N+](=O)[O-])c1. The minimum atomic E-state index is -0.899. The summed E-state index contributed by atoms with van der Waals surface area (Å²) in [6.07, 6.45) is 1.22. The minimum absolute atomic E-state index is 0.0143. The molecule has 0 saturated heterocycles. The Kier molecular flexibility index (Phi) is 7.38. The number of benzene rings is 2. The second-order valence-electron chi connectivity index (χ2n) is 6.40. The van der Waals surface area contributed by atoms with Gasteiger partial charge in [-0.05, 0) is 36.2 Å². The van der Waals surface area contributed by atoms with Crippen LogP contribution in [0.4, 0.5) is 10.1 Å². The largest absolute Gasteiger partial charge is 0.340 e. The van der Waals surface area contributed by atoms with Crippen LogP contribution in [0.25, 0.3) is 0 Å². The molecular formula is C19H18ClFN4O4. The van der Waals surface area contributed by atoms with Crippen LogP contribution in [-0.4, -0.2) is 29.0 Å². The van der Waals surface area contributed by atoms with Crippen LogP contribution in [0.5, 0.6) is 0 Å². The van der Waals surface area contributed by atoms with Crippen LogP contribution in [0.1, 0.15) is 29.8 Å². The maximum Gasteiger partial charge on any atom is 0.288 e. The zero-order valence-corrected chi connectivity index (χ0v) is 16.3. The summed E-state index contributed by atoms with van der Waals surface area (Å²) in [6, 6.07) is 8.09. The molecule has 2 N–H and O–H groups in total. The van der Waals surface area contributed by atoms with Crippen molar-refractivity contribution in [3.05, 3.63) is 74.5 Å². The number of halogens is 2. The number of hydrazone groups is 1. The van der Waals surface area contributed by atoms with Gasteiger partial charge in [-0.25, -0.2) is 9.82 Å². The van der Waals surface area contributed by atoms with Crippen molar-refractivity contribution in [3.8, 4) is 0 Å². The number of carbonyl (C=O) groups excluding carboxylic acids is 2. The van der Waals surface area contributed by atoms with E-state index in [2.05, 4.69) is 15.8 Å². The third-order valence-corrected chi connectivity index (χ3v) is 4.22. The van der Waals surface area contributed by atoms with E-state index in [0.29, 0.717) is 5.56 Å². The number of amides is 2. The average Bonchev–Trinajstić information content (AvgIpc) is 2.67. The van der Waals surface area contributed by atoms with Gasteiger partial charge >= 0.3 is 0 Å². The molecule has 0 heterocycles. The molecule has 0 aliphatic rings. The Morgan fingerprint density at radius 3 is 2.45 bits per heavy atom. The number of hydrogen-bond acceptors (Lipinski definition) is 5. The second-order valence-corrected chi connectivity index (χ2v) is 6.81. The van der Waals surface area contributed by atoms with Crippen LogP contribution in [0, 0.1) is 21.8 Å². The summed E-state index contributed by atoms with van der Waals surface area (Å²) >= 11 is 5.74. The monoisotopic (exact) mass is 420 g/mol. The molecule has 8 nitrogen and oxygen atoms in total. The van der Waals surface area contributed by atoms with E-state index in [9.17, 15) is 24.1 Å². The molecule has 0 spiro atoms. The molecule has 10 heteroatoms. The van der Waals surface area contributed by atoms with Crippen molar-refractivity contribution >= 4 is 35.3 Å². The summed E-state index contributed by atoms with van der Waals surface area (Å²) in [6.45, 7) is 3.48. The third-order valence-electron chi connectivity index (χ3n) is 3.90. The fourth-order valence-corrected chi connectivity index (χ4v) is 2.54. The van der Waals surface area contributed by atoms with E-state index in [1.54, 1.807) is 13.8 Å². The number of nitro benzene ring substituents is 1. The molecule has 0 aliphatic heterocycles. The molecule has 152 valence electrons. The molecule has 0 aliphatic carbocycles. The predicted molar refractivity (Wildman–Crippen MR) is 106 cm³/mol. The lowest BCUT2D eigenvalue weighted by molar-refractivity contribution is -0.384. The van der Waals surface area contributed by atoms with Crippen LogP contribution in [0.15, 0.2) is 47.6 Å². The molecule has 0 bridgehead atoms. The van der Waals surface area contributed by atoms with Crippen LogP contribution in [0.2, 0.25) is 5.02 Å². The summed E-state index contributed by atoms with van der Waals surface area (Å²) in [5.74, 6) is -1.84. The summed E-state index contributed by atoms with van der Waals surface area (Å²) in [4.78, 5) is 34.9. The molecular weight excluding hydrogens is 403 g/mol. The Bertz CT molecular complexity index is 948. The molecule has 2 aromatic carbocycles. The van der Waals surface area contributed by atoms with Crippen LogP contribution in [-0.2, 0) is 4.79 Å². The molecule has 0 saturated carbocycles. The van der Waals surface area contributed by atoms with Crippen molar-refractivity contribution in [2.75, 3.05) is 0 Å². The molecule has 0 radical (unpaired) electrons. The highest BCUT2D eigenvalue weighted by molar-refractivity contribution is 6.32. The van der Waals surface area contributed by atoms with Gasteiger partial charge in [-0.15, -0.1) is 0 Å². The van der Waals surface area contributed by atoms with Crippen LogP contribution in [0.3, 0.4) is 0 Å². The summed E-state index contributed by atoms with van der Waals surface area (Å²) in [5, 5.41) is 17.2. The van der Waals surface area contributed by atoms with Gasteiger partial charge in [-0.1, -0.05) is 31.5 Å². The molecule has 0 fully saturated rings. The van der Waals surface area contributed by atoms with Crippen molar-refractivity contribution in [3.63, 3.8) is 0 Å². The average molecular weight is 421 g/mol. The van der Waals surface area contributed by atoms with Gasteiger partial charge in [-0.3, -0.25) is 19.7 Å². The molecule has 1 unspecified atom stereocenters. The van der Waals surface area contributed by atoms with Crippen molar-refractivity contribution in [1.29, 1.82) is 0 Å². The lowest BCUT2D eigenvalue weighted by atomic mass is 10.0. The third kappa shape index (κ3) is 6.08. The Morgan fingerprint density at radius 2 is 1.86 bits per heavy atom. The minimum Gasteiger partial charge on any atom is -0.340 e. The lowest BCUT2D eigenvalue weighted by Crippen LogP contribution is -2.48. The van der Waals surface area contributed by atoms with Gasteiger partial charge in [0.25, 0.3) is 17.5 Å². The van der Waals surface area contributed by atoms with Crippen LogP contribution >= 0.6 is 11.6 Å². The van der Waals surface area contributed by atoms with Gasteiger partial charge in [0.15, 0.2) is 0 Å². The van der Waals surface area contributed by atoms with Crippen LogP contribution < -0.4 is 10.7 Å². The van der Waals surface area contributed by atoms with E-state index in [0.717, 1.165) is 12.1 Å². The van der Waals surface area contributed by atoms with Gasteiger partial charge in [0.2, 0.25) is 0 Å². The maximum atomic E-state index is 13.0. The number of nitrogens with one attached hydrogen (secondary N) is 2. The Morgan fingerprint density at radius 1 is 1.21 bits per heavy atom. The normalized spacial score (nSPS) is 12.0. The molecule has 0 aromatic heterocycles. The van der Waals surface area contributed by atoms with E-state index < -0.39 is 28.6 Å². The number of nitro groups is 1. The quantitative estimate of drug-likeness (QED) is 0.406. The lowest BCUT2D eigenvalue weighted by Gasteiger charge is -2.20. The standard InChI is InChI=1S/C19H18ClFN4O4/c1-11(2)17(23-18(26)13-4-6-14(21)7-5-13)19(27)24-22-10-12-3-8-15(20)16(9-12)25(28)29/h3-11,17H,1-2H3,(H,23,26)(H,24,27)/b22-10+. The van der Waals surface area contributed by atoms with Gasteiger partial charge in [0.1, 0.15) is 16.9 Å². The zero-order chi connectivity index (χ0) is 21.6. The van der Waals surface area contributed by atoms with E-state index in [1.807, 2.05) is 0 Å². The molecule has 2 amide bonds. The molecule has 29 heavy (non-hydrogen) atoms. The highest BCUT2D eigenvalue weighted by Crippen LogP contribution is 2.24.